The van der Waals surface area contributed by atoms with Gasteiger partial charge in [0.15, 0.2) is 0 Å². The van der Waals surface area contributed by atoms with Crippen molar-refractivity contribution in [3.63, 3.8) is 0 Å². The van der Waals surface area contributed by atoms with E-state index in [1.54, 1.807) is 7.11 Å². The number of ether oxygens (including phenoxy) is 1. The maximum atomic E-state index is 13.2. The van der Waals surface area contributed by atoms with Gasteiger partial charge >= 0.3 is 6.03 Å². The van der Waals surface area contributed by atoms with Crippen molar-refractivity contribution < 1.29 is 9.53 Å². The monoisotopic (exact) mass is 465 g/mol. The highest BCUT2D eigenvalue weighted by Crippen LogP contribution is 2.36. The summed E-state index contributed by atoms with van der Waals surface area (Å²) in [5.41, 5.74) is 4.06. The Morgan fingerprint density at radius 1 is 0.857 bits per heavy atom. The van der Waals surface area contributed by atoms with Crippen LogP contribution >= 0.6 is 0 Å². The van der Waals surface area contributed by atoms with Gasteiger partial charge in [0.05, 0.1) is 12.8 Å². The summed E-state index contributed by atoms with van der Waals surface area (Å²) >= 11 is 0. The fourth-order valence-corrected chi connectivity index (χ4v) is 4.99. The number of amides is 2. The first-order valence-electron chi connectivity index (χ1n) is 12.3. The van der Waals surface area contributed by atoms with Gasteiger partial charge in [0.1, 0.15) is 5.75 Å². The van der Waals surface area contributed by atoms with Gasteiger partial charge in [-0.25, -0.2) is 4.79 Å². The molecule has 0 aromatic heterocycles. The minimum atomic E-state index is -0.0615. The first-order chi connectivity index (χ1) is 17.2. The van der Waals surface area contributed by atoms with E-state index in [9.17, 15) is 4.79 Å². The van der Waals surface area contributed by atoms with Crippen LogP contribution in [0.4, 0.5) is 10.5 Å². The number of methoxy groups -OCH3 is 1. The van der Waals surface area contributed by atoms with Gasteiger partial charge < -0.3 is 15.0 Å². The van der Waals surface area contributed by atoms with Gasteiger partial charge in [-0.2, -0.15) is 0 Å². The molecule has 2 heterocycles. The second-order valence-electron chi connectivity index (χ2n) is 9.19. The van der Waals surface area contributed by atoms with Gasteiger partial charge in [0.25, 0.3) is 0 Å². The average Bonchev–Trinajstić information content (AvgIpc) is 2.88. The summed E-state index contributed by atoms with van der Waals surface area (Å²) in [5.74, 6) is 7.58. The van der Waals surface area contributed by atoms with Gasteiger partial charge in [-0.1, -0.05) is 54.3 Å². The molecule has 0 spiro atoms. The van der Waals surface area contributed by atoms with E-state index in [4.69, 9.17) is 4.74 Å². The topological polar surface area (TPSA) is 44.8 Å². The van der Waals surface area contributed by atoms with E-state index in [2.05, 4.69) is 46.3 Å². The number of nitrogens with zero attached hydrogens (tertiary/aromatic N) is 2. The van der Waals surface area contributed by atoms with E-state index < -0.39 is 0 Å². The molecule has 2 atom stereocenters. The summed E-state index contributed by atoms with van der Waals surface area (Å²) < 4.78 is 5.40. The molecule has 178 valence electrons. The SMILES string of the molecule is COc1ccccc1NC(=O)N1CCCCN2C[C@H](c3ccc(C#Cc4ccccc4)cc3)[C@@H]2C1. The minimum absolute atomic E-state index is 0.0615. The second kappa shape index (κ2) is 10.7. The molecular formula is C30H31N3O2. The molecule has 0 radical (unpaired) electrons. The molecule has 3 aromatic carbocycles. The summed E-state index contributed by atoms with van der Waals surface area (Å²) in [7, 11) is 1.62. The average molecular weight is 466 g/mol. The number of carbonyl (C=O) groups is 1. The molecule has 2 aliphatic heterocycles. The van der Waals surface area contributed by atoms with Crippen molar-refractivity contribution >= 4 is 11.7 Å². The van der Waals surface area contributed by atoms with Gasteiger partial charge in [-0.15, -0.1) is 0 Å². The minimum Gasteiger partial charge on any atom is -0.495 e. The molecule has 35 heavy (non-hydrogen) atoms. The Balaban J connectivity index is 1.27. The van der Waals surface area contributed by atoms with Crippen LogP contribution in [-0.4, -0.2) is 55.2 Å². The van der Waals surface area contributed by atoms with E-state index in [1.165, 1.54) is 5.56 Å². The van der Waals surface area contributed by atoms with Gasteiger partial charge in [0.2, 0.25) is 0 Å². The van der Waals surface area contributed by atoms with Crippen LogP contribution in [0.25, 0.3) is 0 Å². The van der Waals surface area contributed by atoms with E-state index in [1.807, 2.05) is 59.5 Å². The largest absolute Gasteiger partial charge is 0.495 e. The quantitative estimate of drug-likeness (QED) is 0.542. The maximum absolute atomic E-state index is 13.2. The smallest absolute Gasteiger partial charge is 0.322 e. The van der Waals surface area contributed by atoms with Crippen LogP contribution in [0.1, 0.15) is 35.4 Å². The molecule has 2 amide bonds. The number of fused-ring (bicyclic) bond motifs is 1. The van der Waals surface area contributed by atoms with Crippen LogP contribution in [-0.2, 0) is 0 Å². The Labute approximate surface area is 207 Å². The molecule has 1 N–H and O–H groups in total. The third-order valence-electron chi connectivity index (χ3n) is 7.00. The molecule has 0 aliphatic carbocycles. The maximum Gasteiger partial charge on any atom is 0.322 e. The highest BCUT2D eigenvalue weighted by Gasteiger charge is 2.41. The lowest BCUT2D eigenvalue weighted by molar-refractivity contribution is 0.0272. The van der Waals surface area contributed by atoms with Crippen molar-refractivity contribution in [2.75, 3.05) is 38.6 Å². The number of para-hydroxylation sites is 2. The van der Waals surface area contributed by atoms with Crippen molar-refractivity contribution in [2.45, 2.75) is 24.8 Å². The molecule has 5 heteroatoms. The van der Waals surface area contributed by atoms with Crippen molar-refractivity contribution in [1.29, 1.82) is 0 Å². The zero-order valence-corrected chi connectivity index (χ0v) is 20.1. The van der Waals surface area contributed by atoms with Crippen molar-refractivity contribution in [3.8, 4) is 17.6 Å². The lowest BCUT2D eigenvalue weighted by Crippen LogP contribution is -2.61. The van der Waals surface area contributed by atoms with E-state index >= 15 is 0 Å². The Morgan fingerprint density at radius 2 is 1.54 bits per heavy atom. The van der Waals surface area contributed by atoms with E-state index in [-0.39, 0.29) is 6.03 Å². The summed E-state index contributed by atoms with van der Waals surface area (Å²) in [5, 5.41) is 3.06. The number of rotatable bonds is 3. The fourth-order valence-electron chi connectivity index (χ4n) is 4.99. The fraction of sp³-hybridized carbons (Fsp3) is 0.300. The normalized spacial score (nSPS) is 19.7. The molecule has 5 nitrogen and oxygen atoms in total. The van der Waals surface area contributed by atoms with Crippen LogP contribution in [0, 0.1) is 11.8 Å². The number of hydrogen-bond donors (Lipinski definition) is 1. The number of urea groups is 1. The zero-order valence-electron chi connectivity index (χ0n) is 20.1. The number of benzene rings is 3. The summed E-state index contributed by atoms with van der Waals surface area (Å²) in [4.78, 5) is 17.7. The van der Waals surface area contributed by atoms with Crippen molar-refractivity contribution in [2.24, 2.45) is 0 Å². The Bertz CT molecular complexity index is 1210. The molecule has 0 unspecified atom stereocenters. The molecule has 0 bridgehead atoms. The Kier molecular flexibility index (Phi) is 7.02. The first kappa shape index (κ1) is 23.0. The molecule has 5 rings (SSSR count). The number of nitrogens with one attached hydrogen (secondary N) is 1. The lowest BCUT2D eigenvalue weighted by Gasteiger charge is -2.51. The van der Waals surface area contributed by atoms with Crippen LogP contribution < -0.4 is 10.1 Å². The summed E-state index contributed by atoms with van der Waals surface area (Å²) in [6, 6.07) is 26.5. The van der Waals surface area contributed by atoms with Crippen LogP contribution in [0.15, 0.2) is 78.9 Å². The molecule has 3 aromatic rings. The van der Waals surface area contributed by atoms with Gasteiger partial charge in [-0.05, 0) is 61.3 Å². The molecule has 0 saturated carbocycles. The third kappa shape index (κ3) is 5.34. The highest BCUT2D eigenvalue weighted by atomic mass is 16.5. The van der Waals surface area contributed by atoms with Crippen LogP contribution in [0.3, 0.4) is 0 Å². The van der Waals surface area contributed by atoms with Crippen LogP contribution in [0.2, 0.25) is 0 Å². The second-order valence-corrected chi connectivity index (χ2v) is 9.19. The Hall–Kier alpha value is -3.75. The number of carbonyl (C=O) groups excluding carboxylic acids is 1. The standard InChI is InChI=1S/C30H31N3O2/c1-35-29-12-6-5-11-27(29)31-30(34)33-20-8-7-19-32-21-26(28(32)22-33)25-17-15-24(16-18-25)14-13-23-9-3-2-4-10-23/h2-6,9-12,15-18,26,28H,7-8,19-22H2,1H3,(H,31,34)/t26-,28+/m1/s1. The van der Waals surface area contributed by atoms with E-state index in [0.29, 0.717) is 23.4 Å². The third-order valence-corrected chi connectivity index (χ3v) is 7.00. The van der Waals surface area contributed by atoms with Crippen molar-refractivity contribution in [3.05, 3.63) is 95.6 Å². The number of anilines is 1. The van der Waals surface area contributed by atoms with Gasteiger partial charge in [0, 0.05) is 42.7 Å². The molecular weight excluding hydrogens is 434 g/mol. The van der Waals surface area contributed by atoms with E-state index in [0.717, 1.165) is 50.1 Å². The predicted molar refractivity (Wildman–Crippen MR) is 140 cm³/mol. The van der Waals surface area contributed by atoms with Gasteiger partial charge in [-0.3, -0.25) is 4.90 Å². The van der Waals surface area contributed by atoms with Crippen LogP contribution in [0.5, 0.6) is 5.75 Å². The summed E-state index contributed by atoms with van der Waals surface area (Å²) in [6.45, 7) is 3.64. The zero-order chi connectivity index (χ0) is 24.0. The molecule has 2 fully saturated rings. The number of hydrogen-bond acceptors (Lipinski definition) is 3. The highest BCUT2D eigenvalue weighted by molar-refractivity contribution is 5.91. The Morgan fingerprint density at radius 3 is 2.31 bits per heavy atom. The predicted octanol–water partition coefficient (Wildman–Crippen LogP) is 5.19. The summed E-state index contributed by atoms with van der Waals surface area (Å²) in [6.07, 6.45) is 2.12. The lowest BCUT2D eigenvalue weighted by atomic mass is 9.81. The molecule has 2 saturated heterocycles. The first-order valence-corrected chi connectivity index (χ1v) is 12.3. The van der Waals surface area contributed by atoms with Crippen molar-refractivity contribution in [1.82, 2.24) is 9.80 Å². The molecule has 2 aliphatic rings.